The number of amides is 1. The molecule has 0 N–H and O–H groups in total. The van der Waals surface area contributed by atoms with E-state index >= 15 is 0 Å². The molecular formula is C16H12N4O4. The number of nitro groups is 1. The van der Waals surface area contributed by atoms with E-state index in [0.717, 1.165) is 5.69 Å². The molecule has 0 spiro atoms. The van der Waals surface area contributed by atoms with Crippen LogP contribution in [-0.4, -0.2) is 29.3 Å². The topological polar surface area (TPSA) is 101 Å². The second-order valence-electron chi connectivity index (χ2n) is 4.85. The zero-order chi connectivity index (χ0) is 17.1. The molecule has 1 amide bonds. The number of furan rings is 1. The highest BCUT2D eigenvalue weighted by molar-refractivity contribution is 6.54. The van der Waals surface area contributed by atoms with Gasteiger partial charge in [-0.3, -0.25) is 14.9 Å². The molecule has 0 aliphatic carbocycles. The van der Waals surface area contributed by atoms with Crippen molar-refractivity contribution in [1.29, 1.82) is 0 Å². The molecule has 1 aliphatic rings. The summed E-state index contributed by atoms with van der Waals surface area (Å²) >= 11 is 0. The summed E-state index contributed by atoms with van der Waals surface area (Å²) in [5, 5.41) is 18.3. The summed E-state index contributed by atoms with van der Waals surface area (Å²) in [6.45, 7) is 4.01. The van der Waals surface area contributed by atoms with Crippen molar-refractivity contribution in [2.45, 2.75) is 0 Å². The van der Waals surface area contributed by atoms with Gasteiger partial charge in [0.05, 0.1) is 18.0 Å². The van der Waals surface area contributed by atoms with Crippen molar-refractivity contribution in [2.75, 3.05) is 11.4 Å². The van der Waals surface area contributed by atoms with Gasteiger partial charge in [-0.1, -0.05) is 24.3 Å². The first kappa shape index (κ1) is 15.3. The molecule has 8 nitrogen and oxygen atoms in total. The number of para-hydroxylation sites is 1. The van der Waals surface area contributed by atoms with Crippen molar-refractivity contribution < 1.29 is 14.1 Å². The highest BCUT2D eigenvalue weighted by atomic mass is 16.6. The minimum absolute atomic E-state index is 0.174. The highest BCUT2D eigenvalue weighted by Gasteiger charge is 2.32. The number of carbonyl (C=O) groups is 1. The third-order valence-corrected chi connectivity index (χ3v) is 3.34. The second-order valence-corrected chi connectivity index (χ2v) is 4.85. The van der Waals surface area contributed by atoms with Crippen LogP contribution in [0, 0.1) is 10.1 Å². The van der Waals surface area contributed by atoms with E-state index in [2.05, 4.69) is 16.8 Å². The molecule has 0 bridgehead atoms. The number of carbonyl (C=O) groups excluding carboxylic acids is 1. The molecule has 24 heavy (non-hydrogen) atoms. The lowest BCUT2D eigenvalue weighted by Crippen LogP contribution is -2.30. The quantitative estimate of drug-likeness (QED) is 0.365. The van der Waals surface area contributed by atoms with Crippen molar-refractivity contribution in [1.82, 2.24) is 0 Å². The van der Waals surface area contributed by atoms with Crippen molar-refractivity contribution in [3.63, 3.8) is 0 Å². The predicted molar refractivity (Wildman–Crippen MR) is 88.5 cm³/mol. The van der Waals surface area contributed by atoms with E-state index in [-0.39, 0.29) is 23.3 Å². The van der Waals surface area contributed by atoms with Crippen LogP contribution in [-0.2, 0) is 4.79 Å². The predicted octanol–water partition coefficient (Wildman–Crippen LogP) is 2.54. The van der Waals surface area contributed by atoms with E-state index in [1.807, 2.05) is 12.1 Å². The molecule has 2 heterocycles. The van der Waals surface area contributed by atoms with E-state index in [4.69, 9.17) is 4.42 Å². The number of fused-ring (bicyclic) bond motifs is 1. The fourth-order valence-corrected chi connectivity index (χ4v) is 2.32. The number of hydrogen-bond acceptors (Lipinski definition) is 6. The lowest BCUT2D eigenvalue weighted by Gasteiger charge is -2.13. The summed E-state index contributed by atoms with van der Waals surface area (Å²) in [4.78, 5) is 23.9. The molecule has 0 unspecified atom stereocenters. The first-order valence-corrected chi connectivity index (χ1v) is 6.99. The zero-order valence-corrected chi connectivity index (χ0v) is 12.5. The van der Waals surface area contributed by atoms with Crippen molar-refractivity contribution in [3.05, 3.63) is 70.5 Å². The summed E-state index contributed by atoms with van der Waals surface area (Å²) in [6.07, 6.45) is 2.84. The van der Waals surface area contributed by atoms with Gasteiger partial charge < -0.3 is 9.32 Å². The number of rotatable bonds is 5. The average molecular weight is 324 g/mol. The van der Waals surface area contributed by atoms with E-state index in [1.165, 1.54) is 18.3 Å². The van der Waals surface area contributed by atoms with Crippen LogP contribution in [0.3, 0.4) is 0 Å². The Labute approximate surface area is 136 Å². The summed E-state index contributed by atoms with van der Waals surface area (Å²) in [5.41, 5.74) is 1.61. The van der Waals surface area contributed by atoms with Crippen molar-refractivity contribution in [2.24, 2.45) is 10.2 Å². The fraction of sp³-hybridized carbons (Fsp3) is 0.0625. The molecule has 120 valence electrons. The minimum Gasteiger partial charge on any atom is -0.400 e. The van der Waals surface area contributed by atoms with Crippen LogP contribution in [0.5, 0.6) is 0 Å². The van der Waals surface area contributed by atoms with Crippen LogP contribution in [0.2, 0.25) is 0 Å². The molecule has 0 saturated carbocycles. The lowest BCUT2D eigenvalue weighted by molar-refractivity contribution is -0.402. The maximum absolute atomic E-state index is 12.4. The Morgan fingerprint density at radius 3 is 2.79 bits per heavy atom. The van der Waals surface area contributed by atoms with E-state index in [9.17, 15) is 14.9 Å². The first-order chi connectivity index (χ1) is 11.6. The average Bonchev–Trinajstić information content (AvgIpc) is 3.14. The number of anilines is 1. The van der Waals surface area contributed by atoms with Gasteiger partial charge >= 0.3 is 5.88 Å². The maximum Gasteiger partial charge on any atom is 0.433 e. The third kappa shape index (κ3) is 2.72. The monoisotopic (exact) mass is 324 g/mol. The van der Waals surface area contributed by atoms with Gasteiger partial charge in [0.25, 0.3) is 5.91 Å². The second kappa shape index (κ2) is 6.29. The largest absolute Gasteiger partial charge is 0.433 e. The third-order valence-electron chi connectivity index (χ3n) is 3.34. The van der Waals surface area contributed by atoms with Gasteiger partial charge in [-0.05, 0) is 12.1 Å². The van der Waals surface area contributed by atoms with Crippen LogP contribution < -0.4 is 4.90 Å². The van der Waals surface area contributed by atoms with Gasteiger partial charge in [0.2, 0.25) is 0 Å². The van der Waals surface area contributed by atoms with E-state index in [1.54, 1.807) is 23.1 Å². The van der Waals surface area contributed by atoms with Crippen molar-refractivity contribution in [3.8, 4) is 0 Å². The lowest BCUT2D eigenvalue weighted by atomic mass is 10.1. The van der Waals surface area contributed by atoms with E-state index in [0.29, 0.717) is 12.1 Å². The molecule has 0 fully saturated rings. The molecule has 1 aliphatic heterocycles. The summed E-state index contributed by atoms with van der Waals surface area (Å²) in [5.74, 6) is -0.491. The van der Waals surface area contributed by atoms with Gasteiger partial charge in [-0.25, -0.2) is 0 Å². The number of hydrogen-bond donors (Lipinski definition) is 0. The van der Waals surface area contributed by atoms with Crippen LogP contribution in [0.4, 0.5) is 11.6 Å². The summed E-state index contributed by atoms with van der Waals surface area (Å²) < 4.78 is 4.94. The Kier molecular flexibility index (Phi) is 4.02. The van der Waals surface area contributed by atoms with Crippen LogP contribution in [0.15, 0.2) is 63.7 Å². The Hall–Kier alpha value is -3.55. The van der Waals surface area contributed by atoms with Gasteiger partial charge in [-0.15, -0.1) is 11.7 Å². The minimum atomic E-state index is -0.646. The molecule has 1 aromatic heterocycles. The van der Waals surface area contributed by atoms with E-state index < -0.39 is 4.92 Å². The van der Waals surface area contributed by atoms with Crippen molar-refractivity contribution >= 4 is 29.4 Å². The van der Waals surface area contributed by atoms with Gasteiger partial charge in [0, 0.05) is 12.1 Å². The number of nitrogens with zero attached hydrogens (tertiary/aromatic N) is 4. The molecule has 0 saturated heterocycles. The Balaban J connectivity index is 1.89. The van der Waals surface area contributed by atoms with Crippen LogP contribution in [0.25, 0.3) is 0 Å². The molecular weight excluding hydrogens is 312 g/mol. The highest BCUT2D eigenvalue weighted by Crippen LogP contribution is 2.29. The molecule has 3 rings (SSSR count). The Bertz CT molecular complexity index is 882. The van der Waals surface area contributed by atoms with Crippen LogP contribution in [0.1, 0.15) is 11.3 Å². The fourth-order valence-electron chi connectivity index (χ4n) is 2.32. The summed E-state index contributed by atoms with van der Waals surface area (Å²) in [6, 6.07) is 9.85. The van der Waals surface area contributed by atoms with Crippen LogP contribution >= 0.6 is 0 Å². The van der Waals surface area contributed by atoms with Gasteiger partial charge in [0.1, 0.15) is 4.92 Å². The van der Waals surface area contributed by atoms with Gasteiger partial charge in [-0.2, -0.15) is 5.10 Å². The molecule has 2 aromatic rings. The SMILES string of the molecule is C=CCN1C(=O)C(=NN=Cc2ccc([N+](=O)[O-])o2)c2ccccc21. The van der Waals surface area contributed by atoms with Gasteiger partial charge in [0.15, 0.2) is 11.5 Å². The first-order valence-electron chi connectivity index (χ1n) is 6.99. The normalized spacial score (nSPS) is 15.2. The molecule has 8 heteroatoms. The Morgan fingerprint density at radius 2 is 2.08 bits per heavy atom. The smallest absolute Gasteiger partial charge is 0.400 e. The Morgan fingerprint density at radius 1 is 1.29 bits per heavy atom. The standard InChI is InChI=1S/C16H12N4O4/c1-2-9-19-13-6-4-3-5-12(13)15(16(19)21)18-17-10-11-7-8-14(24-11)20(22)23/h2-8,10H,1,9H2. The number of benzene rings is 1. The molecule has 1 aromatic carbocycles. The zero-order valence-electron chi connectivity index (χ0n) is 12.5. The molecule has 0 atom stereocenters. The maximum atomic E-state index is 12.4. The summed E-state index contributed by atoms with van der Waals surface area (Å²) in [7, 11) is 0. The molecule has 0 radical (unpaired) electrons.